The Kier molecular flexibility index (Phi) is 5.27. The quantitative estimate of drug-likeness (QED) is 0.401. The zero-order valence-electron chi connectivity index (χ0n) is 15.9. The number of sulfonamides is 1. The Labute approximate surface area is 181 Å². The third-order valence-corrected chi connectivity index (χ3v) is 5.62. The van der Waals surface area contributed by atoms with Gasteiger partial charge in [-0.05, 0) is 42.5 Å². The van der Waals surface area contributed by atoms with Crippen LogP contribution in [0, 0.1) is 0 Å². The lowest BCUT2D eigenvalue weighted by Crippen LogP contribution is -2.18. The summed E-state index contributed by atoms with van der Waals surface area (Å²) in [5.74, 6) is -0.335. The van der Waals surface area contributed by atoms with Gasteiger partial charge >= 0.3 is 12.4 Å². The number of nitrogens with zero attached hydrogens (tertiary/aromatic N) is 3. The first-order valence-electron chi connectivity index (χ1n) is 8.83. The molecule has 0 fully saturated rings. The number of anilines is 1. The molecule has 0 atom stereocenters. The van der Waals surface area contributed by atoms with Crippen LogP contribution in [0.1, 0.15) is 11.1 Å². The lowest BCUT2D eigenvalue weighted by molar-refractivity contribution is -0.143. The zero-order chi connectivity index (χ0) is 24.0. The van der Waals surface area contributed by atoms with Crippen LogP contribution in [-0.4, -0.2) is 23.4 Å². The van der Waals surface area contributed by atoms with Crippen LogP contribution in [-0.2, 0) is 22.4 Å². The van der Waals surface area contributed by atoms with Gasteiger partial charge in [-0.3, -0.25) is 4.72 Å². The molecule has 0 amide bonds. The van der Waals surface area contributed by atoms with Gasteiger partial charge in [-0.1, -0.05) is 0 Å². The molecule has 172 valence electrons. The van der Waals surface area contributed by atoms with Gasteiger partial charge in [0.05, 0.1) is 16.0 Å². The summed E-state index contributed by atoms with van der Waals surface area (Å²) in [5, 5.41) is 0. The predicted octanol–water partition coefficient (Wildman–Crippen LogP) is 5.12. The van der Waals surface area contributed by atoms with Crippen molar-refractivity contribution in [1.82, 2.24) is 15.0 Å². The average molecular weight is 488 g/mol. The lowest BCUT2D eigenvalue weighted by Gasteiger charge is -2.15. The Bertz CT molecular complexity index is 1380. The molecule has 4 rings (SSSR count). The van der Waals surface area contributed by atoms with Gasteiger partial charge in [-0.25, -0.2) is 18.4 Å². The molecule has 3 heterocycles. The number of oxazole rings is 1. The third kappa shape index (κ3) is 4.74. The maximum Gasteiger partial charge on any atom is 0.416 e. The van der Waals surface area contributed by atoms with Gasteiger partial charge in [0.2, 0.25) is 5.89 Å². The molecule has 0 aliphatic carbocycles. The Morgan fingerprint density at radius 2 is 1.52 bits per heavy atom. The number of halogens is 6. The van der Waals surface area contributed by atoms with E-state index in [2.05, 4.69) is 15.0 Å². The third-order valence-electron chi connectivity index (χ3n) is 4.28. The topological polar surface area (TPSA) is 98.0 Å². The van der Waals surface area contributed by atoms with E-state index in [9.17, 15) is 34.8 Å². The largest absolute Gasteiger partial charge is 0.434 e. The summed E-state index contributed by atoms with van der Waals surface area (Å²) >= 11 is 0. The van der Waals surface area contributed by atoms with Gasteiger partial charge < -0.3 is 4.42 Å². The van der Waals surface area contributed by atoms with Crippen LogP contribution in [0.25, 0.3) is 22.7 Å². The van der Waals surface area contributed by atoms with Gasteiger partial charge in [-0.2, -0.15) is 31.3 Å². The molecular weight excluding hydrogens is 478 g/mol. The summed E-state index contributed by atoms with van der Waals surface area (Å²) in [6, 6.07) is 5.80. The van der Waals surface area contributed by atoms with E-state index in [1.165, 1.54) is 12.3 Å². The highest BCUT2D eigenvalue weighted by molar-refractivity contribution is 7.92. The molecule has 0 spiro atoms. The second-order valence-electron chi connectivity index (χ2n) is 6.62. The van der Waals surface area contributed by atoms with Crippen molar-refractivity contribution in [2.75, 3.05) is 4.72 Å². The maximum absolute atomic E-state index is 13.1. The summed E-state index contributed by atoms with van der Waals surface area (Å²) in [6.45, 7) is 0. The molecular formula is C19H10F6N4O3S. The molecule has 1 N–H and O–H groups in total. The van der Waals surface area contributed by atoms with Crippen LogP contribution in [0.5, 0.6) is 0 Å². The van der Waals surface area contributed by atoms with Crippen molar-refractivity contribution in [1.29, 1.82) is 0 Å². The number of benzene rings is 1. The first kappa shape index (κ1) is 22.5. The minimum absolute atomic E-state index is 0.0463. The number of alkyl halides is 6. The number of nitrogens with one attached hydrogen (secondary N) is 1. The second kappa shape index (κ2) is 7.72. The minimum atomic E-state index is -5.20. The van der Waals surface area contributed by atoms with Crippen LogP contribution in [0.15, 0.2) is 64.2 Å². The second-order valence-corrected chi connectivity index (χ2v) is 8.30. The average Bonchev–Trinajstić information content (AvgIpc) is 3.16. The van der Waals surface area contributed by atoms with Gasteiger partial charge in [0.25, 0.3) is 10.0 Å². The fourth-order valence-electron chi connectivity index (χ4n) is 2.79. The number of hydrogen-bond donors (Lipinski definition) is 1. The Morgan fingerprint density at radius 3 is 2.12 bits per heavy atom. The van der Waals surface area contributed by atoms with E-state index in [0.717, 1.165) is 12.3 Å². The number of pyridine rings is 2. The van der Waals surface area contributed by atoms with Crippen LogP contribution in [0.3, 0.4) is 0 Å². The van der Waals surface area contributed by atoms with E-state index in [4.69, 9.17) is 4.42 Å². The molecule has 1 aromatic carbocycles. The van der Waals surface area contributed by atoms with Crippen molar-refractivity contribution in [3.63, 3.8) is 0 Å². The predicted molar refractivity (Wildman–Crippen MR) is 102 cm³/mol. The van der Waals surface area contributed by atoms with E-state index < -0.39 is 38.4 Å². The normalized spacial score (nSPS) is 12.8. The van der Waals surface area contributed by atoms with Crippen LogP contribution < -0.4 is 4.72 Å². The van der Waals surface area contributed by atoms with Gasteiger partial charge in [0.1, 0.15) is 5.82 Å². The molecule has 14 heteroatoms. The highest BCUT2D eigenvalue weighted by atomic mass is 32.2. The Balaban J connectivity index is 1.71. The summed E-state index contributed by atoms with van der Waals surface area (Å²) in [7, 11) is -4.88. The fourth-order valence-corrected chi connectivity index (χ4v) is 3.86. The van der Waals surface area contributed by atoms with E-state index in [1.54, 1.807) is 12.1 Å². The smallest absolute Gasteiger partial charge is 0.416 e. The fraction of sp³-hybridized carbons (Fsp3) is 0.105. The molecule has 0 saturated carbocycles. The van der Waals surface area contributed by atoms with Gasteiger partial charge in [0, 0.05) is 18.0 Å². The summed E-state index contributed by atoms with van der Waals surface area (Å²) < 4.78 is 111. The van der Waals surface area contributed by atoms with Crippen LogP contribution in [0.2, 0.25) is 0 Å². The Hall–Kier alpha value is -3.68. The van der Waals surface area contributed by atoms with Crippen molar-refractivity contribution < 1.29 is 39.2 Å². The van der Waals surface area contributed by atoms with Crippen molar-refractivity contribution >= 4 is 27.1 Å². The lowest BCUT2D eigenvalue weighted by atomic mass is 10.1. The molecule has 3 aromatic heterocycles. The molecule has 0 saturated heterocycles. The van der Waals surface area contributed by atoms with Crippen molar-refractivity contribution in [2.24, 2.45) is 0 Å². The highest BCUT2D eigenvalue weighted by Gasteiger charge is 2.38. The zero-order valence-corrected chi connectivity index (χ0v) is 16.8. The van der Waals surface area contributed by atoms with Crippen molar-refractivity contribution in [3.8, 4) is 11.5 Å². The first-order chi connectivity index (χ1) is 15.3. The number of aromatic nitrogens is 3. The van der Waals surface area contributed by atoms with Crippen molar-refractivity contribution in [3.05, 3.63) is 66.0 Å². The van der Waals surface area contributed by atoms with E-state index >= 15 is 0 Å². The van der Waals surface area contributed by atoms with Crippen LogP contribution in [0.4, 0.5) is 32.2 Å². The molecule has 4 aromatic rings. The summed E-state index contributed by atoms with van der Waals surface area (Å²) in [5.41, 5.74) is -2.68. The number of hydrogen-bond acceptors (Lipinski definition) is 6. The minimum Gasteiger partial charge on any atom is -0.434 e. The Morgan fingerprint density at radius 1 is 0.848 bits per heavy atom. The molecule has 0 radical (unpaired) electrons. The number of fused-ring (bicyclic) bond motifs is 1. The molecule has 33 heavy (non-hydrogen) atoms. The molecule has 0 bridgehead atoms. The van der Waals surface area contributed by atoms with E-state index in [1.807, 2.05) is 4.72 Å². The molecule has 0 unspecified atom stereocenters. The van der Waals surface area contributed by atoms with E-state index in [-0.39, 0.29) is 41.1 Å². The van der Waals surface area contributed by atoms with Gasteiger partial charge in [0.15, 0.2) is 11.2 Å². The monoisotopic (exact) mass is 488 g/mol. The molecule has 0 aliphatic heterocycles. The first-order valence-corrected chi connectivity index (χ1v) is 10.3. The van der Waals surface area contributed by atoms with Crippen molar-refractivity contribution in [2.45, 2.75) is 17.2 Å². The summed E-state index contributed by atoms with van der Waals surface area (Å²) in [4.78, 5) is 10.6. The standard InChI is InChI=1S/C19H10F6N4O3S/c20-18(21,22)11-7-12(19(23,24)25)9-13(8-11)33(30,31)29-15-6-10(3-5-26-15)17-28-16-14(32-17)2-1-4-27-16/h1-9H,(H,26,29). The number of rotatable bonds is 4. The van der Waals surface area contributed by atoms with Crippen LogP contribution >= 0.6 is 0 Å². The maximum atomic E-state index is 13.1. The van der Waals surface area contributed by atoms with Gasteiger partial charge in [-0.15, -0.1) is 0 Å². The SMILES string of the molecule is O=S(=O)(Nc1cc(-c2nc3ncccc3o2)ccn1)c1cc(C(F)(F)F)cc(C(F)(F)F)c1. The highest BCUT2D eigenvalue weighted by Crippen LogP contribution is 2.37. The molecule has 0 aliphatic rings. The van der Waals surface area contributed by atoms with E-state index in [0.29, 0.717) is 5.58 Å². The summed E-state index contributed by atoms with van der Waals surface area (Å²) in [6.07, 6.45) is -7.77. The molecule has 7 nitrogen and oxygen atoms in total.